The first-order valence-electron chi connectivity index (χ1n) is 3.97. The lowest BCUT2D eigenvalue weighted by atomic mass is 10.2. The number of amidine groups is 1. The van der Waals surface area contributed by atoms with Gasteiger partial charge in [0.2, 0.25) is 0 Å². The summed E-state index contributed by atoms with van der Waals surface area (Å²) in [6.45, 7) is 0. The fourth-order valence-electron chi connectivity index (χ4n) is 0.890. The molecule has 1 amide bonds. The van der Waals surface area contributed by atoms with Crippen LogP contribution in [0.3, 0.4) is 0 Å². The van der Waals surface area contributed by atoms with Crippen molar-refractivity contribution < 1.29 is 19.5 Å². The summed E-state index contributed by atoms with van der Waals surface area (Å²) in [5.41, 5.74) is 8.56. The number of amides is 1. The molecule has 0 bridgehead atoms. The Balaban J connectivity index is 2.81. The Kier molecular flexibility index (Phi) is 3.32. The van der Waals surface area contributed by atoms with Crippen molar-refractivity contribution in [1.82, 2.24) is 5.32 Å². The first-order valence-corrected chi connectivity index (χ1v) is 3.97. The average molecular weight is 205 g/mol. The van der Waals surface area contributed by atoms with Gasteiger partial charge in [-0.15, -0.1) is 0 Å². The van der Waals surface area contributed by atoms with Gasteiger partial charge in [-0.25, -0.2) is 9.59 Å². The number of nitrogens with one attached hydrogen (secondary N) is 1. The lowest BCUT2D eigenvalue weighted by Crippen LogP contribution is -2.36. The maximum Gasteiger partial charge on any atom is 0.447 e. The van der Waals surface area contributed by atoms with Gasteiger partial charge in [0.15, 0.2) is 0 Å². The van der Waals surface area contributed by atoms with E-state index in [1.807, 2.05) is 5.32 Å². The molecule has 0 atom stereocenters. The molecule has 0 spiro atoms. The number of carboxylic acids is 1. The van der Waals surface area contributed by atoms with Crippen LogP contribution >= 0.6 is 0 Å². The Labute approximate surface area is 84.8 Å². The maximum absolute atomic E-state index is 11.4. The third-order valence-corrected chi connectivity index (χ3v) is 1.57. The number of nitrogens with zero attached hydrogens (tertiary/aromatic N) is 2. The van der Waals surface area contributed by atoms with Crippen molar-refractivity contribution in [2.75, 3.05) is 0 Å². The molecule has 6 heteroatoms. The van der Waals surface area contributed by atoms with Crippen molar-refractivity contribution in [2.45, 2.75) is 0 Å². The molecule has 0 unspecified atom stereocenters. The van der Waals surface area contributed by atoms with E-state index in [1.54, 1.807) is 18.2 Å². The van der Waals surface area contributed by atoms with Crippen LogP contribution in [0.5, 0.6) is 0 Å². The molecule has 1 rings (SSSR count). The van der Waals surface area contributed by atoms with Gasteiger partial charge in [0.1, 0.15) is 0 Å². The highest BCUT2D eigenvalue weighted by Gasteiger charge is 2.22. The molecule has 15 heavy (non-hydrogen) atoms. The van der Waals surface area contributed by atoms with Crippen LogP contribution in [-0.4, -0.2) is 27.6 Å². The van der Waals surface area contributed by atoms with Crippen LogP contribution in [0.4, 0.5) is 0 Å². The molecule has 0 aromatic heterocycles. The van der Waals surface area contributed by atoms with Crippen LogP contribution < -0.4 is 5.32 Å². The fraction of sp³-hybridized carbons (Fsp3) is 0. The van der Waals surface area contributed by atoms with E-state index >= 15 is 0 Å². The second-order valence-electron chi connectivity index (χ2n) is 2.57. The third kappa shape index (κ3) is 2.75. The number of hydrogen-bond acceptors (Lipinski definition) is 2. The number of benzene rings is 1. The molecule has 0 aliphatic rings. The summed E-state index contributed by atoms with van der Waals surface area (Å²) >= 11 is 0. The molecule has 0 fully saturated rings. The van der Waals surface area contributed by atoms with Gasteiger partial charge in [-0.3, -0.25) is 0 Å². The van der Waals surface area contributed by atoms with Gasteiger partial charge in [0, 0.05) is 0 Å². The van der Waals surface area contributed by atoms with E-state index < -0.39 is 17.7 Å². The molecule has 76 valence electrons. The highest BCUT2D eigenvalue weighted by Crippen LogP contribution is 1.97. The van der Waals surface area contributed by atoms with Crippen molar-refractivity contribution in [2.24, 2.45) is 0 Å². The highest BCUT2D eigenvalue weighted by molar-refractivity contribution is 6.35. The van der Waals surface area contributed by atoms with Crippen molar-refractivity contribution >= 4 is 17.7 Å². The predicted molar refractivity (Wildman–Crippen MR) is 50.2 cm³/mol. The fourth-order valence-corrected chi connectivity index (χ4v) is 0.890. The Bertz CT molecular complexity index is 435. The van der Waals surface area contributed by atoms with Gasteiger partial charge < -0.3 is 15.4 Å². The summed E-state index contributed by atoms with van der Waals surface area (Å²) in [5.74, 6) is -2.98. The highest BCUT2D eigenvalue weighted by atomic mass is 16.4. The van der Waals surface area contributed by atoms with Gasteiger partial charge in [-0.1, -0.05) is 18.2 Å². The van der Waals surface area contributed by atoms with Crippen LogP contribution in [0.25, 0.3) is 5.53 Å². The Morgan fingerprint density at radius 1 is 1.27 bits per heavy atom. The van der Waals surface area contributed by atoms with Crippen molar-refractivity contribution in [3.8, 4) is 0 Å². The molecule has 1 aromatic carbocycles. The van der Waals surface area contributed by atoms with Crippen LogP contribution in [0.2, 0.25) is 0 Å². The molecule has 0 saturated carbocycles. The van der Waals surface area contributed by atoms with E-state index in [-0.39, 0.29) is 5.56 Å². The van der Waals surface area contributed by atoms with Crippen LogP contribution in [0.15, 0.2) is 30.3 Å². The largest absolute Gasteiger partial charge is 0.497 e. The minimum absolute atomic E-state index is 0.278. The van der Waals surface area contributed by atoms with Crippen LogP contribution in [0, 0.1) is 0 Å². The molecular weight excluding hydrogens is 198 g/mol. The van der Waals surface area contributed by atoms with Crippen molar-refractivity contribution in [3.05, 3.63) is 41.4 Å². The average Bonchev–Trinajstić information content (AvgIpc) is 2.26. The Hall–Kier alpha value is -2.46. The first kappa shape index (κ1) is 10.6. The van der Waals surface area contributed by atoms with Gasteiger partial charge in [0.25, 0.3) is 0 Å². The summed E-state index contributed by atoms with van der Waals surface area (Å²) in [6.07, 6.45) is 0. The molecule has 0 saturated heterocycles. The predicted octanol–water partition coefficient (Wildman–Crippen LogP) is 0.129. The summed E-state index contributed by atoms with van der Waals surface area (Å²) in [4.78, 5) is 24.2. The van der Waals surface area contributed by atoms with E-state index in [9.17, 15) is 9.59 Å². The van der Waals surface area contributed by atoms with Crippen LogP contribution in [0.1, 0.15) is 10.4 Å². The molecule has 6 nitrogen and oxygen atoms in total. The van der Waals surface area contributed by atoms with E-state index in [0.717, 1.165) is 0 Å². The number of carboxylic acid groups (broad SMARTS) is 1. The Morgan fingerprint density at radius 2 is 1.87 bits per heavy atom. The lowest BCUT2D eigenvalue weighted by molar-refractivity contribution is -0.134. The second-order valence-corrected chi connectivity index (χ2v) is 2.57. The summed E-state index contributed by atoms with van der Waals surface area (Å²) in [5, 5.41) is 10.4. The van der Waals surface area contributed by atoms with Crippen molar-refractivity contribution in [1.29, 1.82) is 0 Å². The smallest absolute Gasteiger partial charge is 0.447 e. The van der Waals surface area contributed by atoms with Gasteiger partial charge in [-0.2, -0.15) is 5.32 Å². The summed E-state index contributed by atoms with van der Waals surface area (Å²) < 4.78 is 0. The topological polar surface area (TPSA) is 103 Å². The minimum atomic E-state index is -1.51. The summed E-state index contributed by atoms with van der Waals surface area (Å²) in [7, 11) is 0. The molecular formula is C9H7N3O3. The van der Waals surface area contributed by atoms with Gasteiger partial charge in [0.05, 0.1) is 5.56 Å². The van der Waals surface area contributed by atoms with Gasteiger partial charge >= 0.3 is 17.7 Å². The lowest BCUT2D eigenvalue weighted by Gasteiger charge is -1.95. The number of carbonyl (C=O) groups is 2. The van der Waals surface area contributed by atoms with E-state index in [4.69, 9.17) is 10.6 Å². The van der Waals surface area contributed by atoms with E-state index in [2.05, 4.69) is 4.79 Å². The zero-order valence-electron chi connectivity index (χ0n) is 7.54. The summed E-state index contributed by atoms with van der Waals surface area (Å²) in [6, 6.07) is 7.99. The SMILES string of the molecule is [N-]=[N+]=C(NC(=O)c1ccccc1)C(=O)O. The van der Waals surface area contributed by atoms with E-state index in [1.165, 1.54) is 12.1 Å². The molecule has 0 aliphatic carbocycles. The Morgan fingerprint density at radius 3 is 2.33 bits per heavy atom. The number of aliphatic carboxylic acids is 1. The molecule has 1 aromatic rings. The number of carbonyl (C=O) groups excluding carboxylic acids is 1. The molecule has 0 heterocycles. The minimum Gasteiger partial charge on any atom is -0.497 e. The zero-order chi connectivity index (χ0) is 11.3. The number of hydrogen-bond donors (Lipinski definition) is 2. The zero-order valence-corrected chi connectivity index (χ0v) is 7.54. The molecule has 0 aliphatic heterocycles. The second kappa shape index (κ2) is 4.69. The monoisotopic (exact) mass is 205 g/mol. The quantitative estimate of drug-likeness (QED) is 0.294. The van der Waals surface area contributed by atoms with Gasteiger partial charge in [-0.05, 0) is 12.1 Å². The normalized spacial score (nSPS) is 8.80. The number of rotatable bonds is 1. The molecule has 2 N–H and O–H groups in total. The van der Waals surface area contributed by atoms with E-state index in [0.29, 0.717) is 0 Å². The maximum atomic E-state index is 11.4. The van der Waals surface area contributed by atoms with Crippen LogP contribution in [-0.2, 0) is 4.79 Å². The first-order chi connectivity index (χ1) is 7.15. The standard InChI is InChI=1S/C9H7N3O3/c10-12-7(9(14)15)11-8(13)6-4-2-1-3-5-6/h1-5H,(H,11,13)(H,14,15). The third-order valence-electron chi connectivity index (χ3n) is 1.57. The van der Waals surface area contributed by atoms with Crippen molar-refractivity contribution in [3.63, 3.8) is 0 Å². The molecule has 0 radical (unpaired) electrons.